The Bertz CT molecular complexity index is 282. The molecule has 54 valence electrons. The standard InChI is InChI=1S/C7H7OS2.K/c1-6-2-4-7(5-3-6)10(8)9;/h2-5H,1H3;/q-1;+1. The molecule has 4 heteroatoms. The third-order valence-corrected chi connectivity index (χ3v) is 2.45. The molecule has 0 spiro atoms. The van der Waals surface area contributed by atoms with Gasteiger partial charge in [-0.2, -0.15) is 9.36 Å². The van der Waals surface area contributed by atoms with Crippen molar-refractivity contribution in [3.8, 4) is 0 Å². The van der Waals surface area contributed by atoms with E-state index in [2.05, 4.69) is 11.2 Å². The average molecular weight is 210 g/mol. The van der Waals surface area contributed by atoms with Gasteiger partial charge in [0.25, 0.3) is 0 Å². The summed E-state index contributed by atoms with van der Waals surface area (Å²) in [6, 6.07) is 7.38. The summed E-state index contributed by atoms with van der Waals surface area (Å²) in [7, 11) is -1.25. The number of hydrogen-bond donors (Lipinski definition) is 0. The minimum Gasteiger partial charge on any atom is -0.447 e. The molecule has 0 amide bonds. The Morgan fingerprint density at radius 3 is 2.09 bits per heavy atom. The van der Waals surface area contributed by atoms with Crippen LogP contribution in [0.15, 0.2) is 29.2 Å². The summed E-state index contributed by atoms with van der Waals surface area (Å²) in [5.41, 5.74) is 1.16. The maximum Gasteiger partial charge on any atom is 1.00 e. The molecule has 0 bridgehead atoms. The van der Waals surface area contributed by atoms with E-state index in [9.17, 15) is 4.21 Å². The molecular formula is C7H7KOS2. The van der Waals surface area contributed by atoms with E-state index in [0.29, 0.717) is 4.90 Å². The molecule has 1 aromatic rings. The molecule has 0 aromatic heterocycles. The molecule has 0 aliphatic rings. The van der Waals surface area contributed by atoms with E-state index in [1.807, 2.05) is 19.1 Å². The summed E-state index contributed by atoms with van der Waals surface area (Å²) in [6.45, 7) is 1.98. The van der Waals surface area contributed by atoms with Gasteiger partial charge in [-0.05, 0) is 6.92 Å². The van der Waals surface area contributed by atoms with Gasteiger partial charge in [-0.1, -0.05) is 29.8 Å². The van der Waals surface area contributed by atoms with Crippen molar-refractivity contribution in [2.75, 3.05) is 0 Å². The molecule has 0 heterocycles. The number of aryl methyl sites for hydroxylation is 1. The minimum absolute atomic E-state index is 0. The molecule has 0 aliphatic heterocycles. The molecule has 0 unspecified atom stereocenters. The third-order valence-electron chi connectivity index (χ3n) is 1.21. The number of benzene rings is 1. The van der Waals surface area contributed by atoms with E-state index in [1.54, 1.807) is 12.1 Å². The van der Waals surface area contributed by atoms with Crippen LogP contribution >= 0.6 is 0 Å². The fourth-order valence-electron chi connectivity index (χ4n) is 0.649. The van der Waals surface area contributed by atoms with Crippen LogP contribution in [0.5, 0.6) is 0 Å². The van der Waals surface area contributed by atoms with Gasteiger partial charge in [0, 0.05) is 0 Å². The molecule has 0 radical (unpaired) electrons. The predicted molar refractivity (Wildman–Crippen MR) is 44.9 cm³/mol. The van der Waals surface area contributed by atoms with Gasteiger partial charge in [0.05, 0.1) is 0 Å². The first-order chi connectivity index (χ1) is 4.70. The van der Waals surface area contributed by atoms with Crippen LogP contribution in [0.25, 0.3) is 0 Å². The minimum atomic E-state index is -1.25. The van der Waals surface area contributed by atoms with Gasteiger partial charge in [-0.25, -0.2) is 11.2 Å². The van der Waals surface area contributed by atoms with Gasteiger partial charge in [-0.15, -0.1) is 4.90 Å². The molecule has 0 fully saturated rings. The summed E-state index contributed by atoms with van der Waals surface area (Å²) in [6.07, 6.45) is 0. The van der Waals surface area contributed by atoms with Crippen molar-refractivity contribution in [2.45, 2.75) is 11.8 Å². The zero-order valence-corrected chi connectivity index (χ0v) is 11.3. The predicted octanol–water partition coefficient (Wildman–Crippen LogP) is -1.22. The van der Waals surface area contributed by atoms with Gasteiger partial charge in [0.2, 0.25) is 0 Å². The Labute approximate surface area is 116 Å². The Kier molecular flexibility index (Phi) is 6.45. The van der Waals surface area contributed by atoms with Crippen LogP contribution < -0.4 is 51.4 Å². The van der Waals surface area contributed by atoms with Crippen molar-refractivity contribution in [1.29, 1.82) is 0 Å². The molecule has 1 aromatic carbocycles. The topological polar surface area (TPSA) is 17.1 Å². The monoisotopic (exact) mass is 210 g/mol. The molecule has 1 nitrogen and oxygen atoms in total. The first kappa shape index (κ1) is 12.2. The van der Waals surface area contributed by atoms with Crippen LogP contribution in [0.1, 0.15) is 5.56 Å². The fraction of sp³-hybridized carbons (Fsp3) is 0.143. The van der Waals surface area contributed by atoms with E-state index in [0.717, 1.165) is 5.56 Å². The van der Waals surface area contributed by atoms with Crippen molar-refractivity contribution < 1.29 is 55.6 Å². The first-order valence-electron chi connectivity index (χ1n) is 2.86. The summed E-state index contributed by atoms with van der Waals surface area (Å²) in [5, 5.41) is 0. The zero-order chi connectivity index (χ0) is 7.56. The van der Waals surface area contributed by atoms with Crippen molar-refractivity contribution in [3.05, 3.63) is 29.8 Å². The Morgan fingerprint density at radius 1 is 1.27 bits per heavy atom. The molecule has 0 saturated carbocycles. The van der Waals surface area contributed by atoms with Crippen LogP contribution in [-0.4, -0.2) is 0 Å². The molecule has 0 aliphatic carbocycles. The van der Waals surface area contributed by atoms with Gasteiger partial charge in [0.1, 0.15) is 0 Å². The van der Waals surface area contributed by atoms with Crippen molar-refractivity contribution in [3.63, 3.8) is 0 Å². The van der Waals surface area contributed by atoms with E-state index in [-0.39, 0.29) is 51.4 Å². The van der Waals surface area contributed by atoms with E-state index < -0.39 is 9.36 Å². The van der Waals surface area contributed by atoms with Gasteiger partial charge in [0.15, 0.2) is 0 Å². The van der Waals surface area contributed by atoms with Crippen LogP contribution in [0.4, 0.5) is 0 Å². The summed E-state index contributed by atoms with van der Waals surface area (Å²) in [4.78, 5) is 0.709. The maximum atomic E-state index is 10.7. The zero-order valence-electron chi connectivity index (χ0n) is 6.53. The van der Waals surface area contributed by atoms with Crippen LogP contribution in [0.2, 0.25) is 0 Å². The Balaban J connectivity index is 0.000001000. The second-order valence-corrected chi connectivity index (χ2v) is 3.90. The summed E-state index contributed by atoms with van der Waals surface area (Å²) >= 11 is 4.56. The molecule has 0 N–H and O–H groups in total. The molecule has 1 rings (SSSR count). The van der Waals surface area contributed by atoms with Gasteiger partial charge >= 0.3 is 51.4 Å². The largest absolute Gasteiger partial charge is 1.00 e. The molecular weight excluding hydrogens is 203 g/mol. The molecule has 0 saturated heterocycles. The Hall–Kier alpha value is 1.23. The molecule has 11 heavy (non-hydrogen) atoms. The van der Waals surface area contributed by atoms with Crippen LogP contribution in [0.3, 0.4) is 0 Å². The van der Waals surface area contributed by atoms with Gasteiger partial charge in [-0.3, -0.25) is 0 Å². The third kappa shape index (κ3) is 4.12. The van der Waals surface area contributed by atoms with Crippen molar-refractivity contribution >= 4 is 20.5 Å². The first-order valence-corrected chi connectivity index (χ1v) is 4.93. The van der Waals surface area contributed by atoms with Gasteiger partial charge < -0.3 is 4.21 Å². The van der Waals surface area contributed by atoms with E-state index in [4.69, 9.17) is 0 Å². The van der Waals surface area contributed by atoms with E-state index in [1.165, 1.54) is 0 Å². The van der Waals surface area contributed by atoms with Crippen LogP contribution in [0, 0.1) is 6.92 Å². The van der Waals surface area contributed by atoms with Crippen molar-refractivity contribution in [1.82, 2.24) is 0 Å². The normalized spacial score (nSPS) is 9.27. The number of rotatable bonds is 1. The maximum absolute atomic E-state index is 10.7. The average Bonchev–Trinajstić information content (AvgIpc) is 1.88. The smallest absolute Gasteiger partial charge is 0.447 e. The summed E-state index contributed by atoms with van der Waals surface area (Å²) < 4.78 is 10.7. The second-order valence-electron chi connectivity index (χ2n) is 2.05. The second kappa shape index (κ2) is 5.80. The van der Waals surface area contributed by atoms with Crippen LogP contribution in [-0.2, 0) is 24.8 Å². The SMILES string of the molecule is Cc1ccc([S-](=O)=S)cc1.[K+]. The van der Waals surface area contributed by atoms with Crippen molar-refractivity contribution in [2.24, 2.45) is 0 Å². The summed E-state index contributed by atoms with van der Waals surface area (Å²) in [5.74, 6) is 0. The number of hydrogen-bond acceptors (Lipinski definition) is 3. The Morgan fingerprint density at radius 2 is 1.73 bits per heavy atom. The quantitative estimate of drug-likeness (QED) is 0.427. The fourth-order valence-corrected chi connectivity index (χ4v) is 1.34. The molecule has 0 atom stereocenters. The van der Waals surface area contributed by atoms with E-state index >= 15 is 0 Å².